The van der Waals surface area contributed by atoms with E-state index in [2.05, 4.69) is 20.9 Å². The Morgan fingerprint density at radius 2 is 1.69 bits per heavy atom. The number of nitrogens with one attached hydrogen (secondary N) is 1. The molecule has 0 atom stereocenters. The smallest absolute Gasteiger partial charge is 0.270 e. The number of carbonyl (C=O) groups is 1. The van der Waals surface area contributed by atoms with E-state index in [4.69, 9.17) is 0 Å². The molecule has 4 rings (SSSR count). The lowest BCUT2D eigenvalue weighted by atomic mass is 10.1. The Balaban J connectivity index is 1.51. The van der Waals surface area contributed by atoms with Gasteiger partial charge in [-0.25, -0.2) is 8.42 Å². The van der Waals surface area contributed by atoms with Crippen LogP contribution in [0.1, 0.15) is 10.5 Å². The summed E-state index contributed by atoms with van der Waals surface area (Å²) in [6.45, 7) is 0.888. The Hall–Kier alpha value is -2.49. The Bertz CT molecular complexity index is 1250. The van der Waals surface area contributed by atoms with Gasteiger partial charge in [-0.3, -0.25) is 9.59 Å². The minimum Gasteiger partial charge on any atom is -0.335 e. The minimum absolute atomic E-state index is 0.193. The van der Waals surface area contributed by atoms with Crippen LogP contribution in [0.15, 0.2) is 68.8 Å². The Kier molecular flexibility index (Phi) is 5.28. The molecule has 9 heteroatoms. The molecule has 29 heavy (non-hydrogen) atoms. The monoisotopic (exact) mass is 475 g/mol. The lowest BCUT2D eigenvalue weighted by molar-refractivity contribution is 0.0692. The summed E-state index contributed by atoms with van der Waals surface area (Å²) in [5.74, 6) is -0.313. The van der Waals surface area contributed by atoms with Crippen molar-refractivity contribution in [2.45, 2.75) is 4.90 Å². The van der Waals surface area contributed by atoms with E-state index in [0.29, 0.717) is 15.2 Å². The summed E-state index contributed by atoms with van der Waals surface area (Å²) >= 11 is 3.29. The SMILES string of the molecule is O=C(c1cc2ccccc2c(=O)[nH]1)N1CCN(S(=O)(=O)c2cccc(Br)c2)CC1. The number of benzene rings is 2. The normalized spacial score (nSPS) is 15.6. The van der Waals surface area contributed by atoms with Crippen molar-refractivity contribution in [2.75, 3.05) is 26.2 Å². The molecular formula is C20H18BrN3O4S. The van der Waals surface area contributed by atoms with Gasteiger partial charge in [0.25, 0.3) is 11.5 Å². The van der Waals surface area contributed by atoms with Gasteiger partial charge in [-0.05, 0) is 35.7 Å². The summed E-state index contributed by atoms with van der Waals surface area (Å²) in [4.78, 5) is 29.5. The molecule has 150 valence electrons. The molecule has 1 N–H and O–H groups in total. The first-order chi connectivity index (χ1) is 13.9. The average Bonchev–Trinajstić information content (AvgIpc) is 2.73. The molecule has 3 aromatic rings. The summed E-state index contributed by atoms with van der Waals surface area (Å²) in [7, 11) is -3.63. The van der Waals surface area contributed by atoms with Crippen molar-refractivity contribution in [3.8, 4) is 0 Å². The van der Waals surface area contributed by atoms with Crippen LogP contribution >= 0.6 is 15.9 Å². The van der Waals surface area contributed by atoms with Crippen molar-refractivity contribution >= 4 is 42.6 Å². The molecule has 0 radical (unpaired) electrons. The highest BCUT2D eigenvalue weighted by Crippen LogP contribution is 2.21. The number of piperazine rings is 1. The van der Waals surface area contributed by atoms with Crippen LogP contribution in [0.4, 0.5) is 0 Å². The highest BCUT2D eigenvalue weighted by Gasteiger charge is 2.30. The van der Waals surface area contributed by atoms with Crippen LogP contribution in [-0.4, -0.2) is 54.7 Å². The Morgan fingerprint density at radius 1 is 0.966 bits per heavy atom. The van der Waals surface area contributed by atoms with Gasteiger partial charge in [0.15, 0.2) is 0 Å². The summed E-state index contributed by atoms with van der Waals surface area (Å²) in [6, 6.07) is 15.3. The number of H-pyrrole nitrogens is 1. The maximum absolute atomic E-state index is 12.8. The molecule has 0 spiro atoms. The number of halogens is 1. The quantitative estimate of drug-likeness (QED) is 0.629. The van der Waals surface area contributed by atoms with Crippen molar-refractivity contribution in [3.05, 3.63) is 75.1 Å². The number of rotatable bonds is 3. The van der Waals surface area contributed by atoms with Gasteiger partial charge in [-0.1, -0.05) is 40.2 Å². The predicted octanol–water partition coefficient (Wildman–Crippen LogP) is 2.44. The lowest BCUT2D eigenvalue weighted by Crippen LogP contribution is -2.50. The van der Waals surface area contributed by atoms with Crippen LogP contribution in [0.3, 0.4) is 0 Å². The van der Waals surface area contributed by atoms with E-state index in [-0.39, 0.29) is 48.2 Å². The highest BCUT2D eigenvalue weighted by atomic mass is 79.9. The molecular weight excluding hydrogens is 458 g/mol. The first-order valence-electron chi connectivity index (χ1n) is 9.03. The van der Waals surface area contributed by atoms with Gasteiger partial charge in [0.2, 0.25) is 10.0 Å². The first-order valence-corrected chi connectivity index (χ1v) is 11.3. The van der Waals surface area contributed by atoms with Crippen LogP contribution < -0.4 is 5.56 Å². The molecule has 0 bridgehead atoms. The second kappa shape index (κ2) is 7.74. The standard InChI is InChI=1S/C20H18BrN3O4S/c21-15-5-3-6-16(13-15)29(27,28)24-10-8-23(9-11-24)20(26)18-12-14-4-1-2-7-17(14)19(25)22-18/h1-7,12-13H,8-11H2,(H,22,25). The second-order valence-corrected chi connectivity index (χ2v) is 9.61. The third-order valence-electron chi connectivity index (χ3n) is 4.94. The molecule has 0 saturated carbocycles. The molecule has 0 aliphatic carbocycles. The molecule has 1 saturated heterocycles. The lowest BCUT2D eigenvalue weighted by Gasteiger charge is -2.34. The largest absolute Gasteiger partial charge is 0.335 e. The van der Waals surface area contributed by atoms with Crippen molar-refractivity contribution < 1.29 is 13.2 Å². The van der Waals surface area contributed by atoms with Gasteiger partial charge in [0.1, 0.15) is 5.69 Å². The fraction of sp³-hybridized carbons (Fsp3) is 0.200. The first kappa shape index (κ1) is 19.8. The maximum atomic E-state index is 12.8. The van der Waals surface area contributed by atoms with Gasteiger partial charge < -0.3 is 9.88 Å². The van der Waals surface area contributed by atoms with E-state index in [9.17, 15) is 18.0 Å². The van der Waals surface area contributed by atoms with E-state index < -0.39 is 10.0 Å². The molecule has 1 aliphatic rings. The molecule has 2 heterocycles. The highest BCUT2D eigenvalue weighted by molar-refractivity contribution is 9.10. The summed E-state index contributed by atoms with van der Waals surface area (Å²) in [5, 5.41) is 1.21. The number of nitrogens with zero attached hydrogens (tertiary/aromatic N) is 2. The summed E-state index contributed by atoms with van der Waals surface area (Å²) in [5.41, 5.74) is -0.112. The fourth-order valence-electron chi connectivity index (χ4n) is 3.40. The zero-order chi connectivity index (χ0) is 20.6. The molecule has 1 aromatic heterocycles. The summed E-state index contributed by atoms with van der Waals surface area (Å²) in [6.07, 6.45) is 0. The van der Waals surface area contributed by atoms with E-state index >= 15 is 0 Å². The Morgan fingerprint density at radius 3 is 2.41 bits per heavy atom. The Labute approximate surface area is 176 Å². The average molecular weight is 476 g/mol. The number of sulfonamides is 1. The van der Waals surface area contributed by atoms with Gasteiger partial charge in [0, 0.05) is 36.0 Å². The predicted molar refractivity (Wildman–Crippen MR) is 113 cm³/mol. The molecule has 1 fully saturated rings. The van der Waals surface area contributed by atoms with Crippen LogP contribution in [0.2, 0.25) is 0 Å². The van der Waals surface area contributed by atoms with Crippen molar-refractivity contribution in [1.29, 1.82) is 0 Å². The number of hydrogen-bond donors (Lipinski definition) is 1. The topological polar surface area (TPSA) is 90.6 Å². The second-order valence-electron chi connectivity index (χ2n) is 6.75. The van der Waals surface area contributed by atoms with Gasteiger partial charge >= 0.3 is 0 Å². The van der Waals surface area contributed by atoms with Gasteiger partial charge in [-0.2, -0.15) is 4.31 Å². The number of fused-ring (bicyclic) bond motifs is 1. The van der Waals surface area contributed by atoms with Gasteiger partial charge in [-0.15, -0.1) is 0 Å². The van der Waals surface area contributed by atoms with E-state index in [1.165, 1.54) is 4.31 Å². The van der Waals surface area contributed by atoms with Crippen LogP contribution in [0.25, 0.3) is 10.8 Å². The minimum atomic E-state index is -3.63. The van der Waals surface area contributed by atoms with E-state index in [1.54, 1.807) is 53.4 Å². The third kappa shape index (κ3) is 3.85. The fourth-order valence-corrected chi connectivity index (χ4v) is 5.42. The van der Waals surface area contributed by atoms with Crippen LogP contribution in [0.5, 0.6) is 0 Å². The number of aromatic amines is 1. The zero-order valence-electron chi connectivity index (χ0n) is 15.3. The van der Waals surface area contributed by atoms with E-state index in [0.717, 1.165) is 0 Å². The van der Waals surface area contributed by atoms with Crippen LogP contribution in [0, 0.1) is 0 Å². The number of amides is 1. The molecule has 7 nitrogen and oxygen atoms in total. The van der Waals surface area contributed by atoms with Crippen molar-refractivity contribution in [3.63, 3.8) is 0 Å². The van der Waals surface area contributed by atoms with Crippen molar-refractivity contribution in [1.82, 2.24) is 14.2 Å². The number of pyridine rings is 1. The maximum Gasteiger partial charge on any atom is 0.270 e. The summed E-state index contributed by atoms with van der Waals surface area (Å²) < 4.78 is 27.7. The molecule has 1 aliphatic heterocycles. The van der Waals surface area contributed by atoms with Crippen molar-refractivity contribution in [2.24, 2.45) is 0 Å². The molecule has 0 unspecified atom stereocenters. The van der Waals surface area contributed by atoms with E-state index in [1.807, 2.05) is 6.07 Å². The van der Waals surface area contributed by atoms with Crippen LogP contribution in [-0.2, 0) is 10.0 Å². The number of carbonyl (C=O) groups excluding carboxylic acids is 1. The molecule has 2 aromatic carbocycles. The third-order valence-corrected chi connectivity index (χ3v) is 7.33. The zero-order valence-corrected chi connectivity index (χ0v) is 17.7. The molecule has 1 amide bonds. The van der Waals surface area contributed by atoms with Gasteiger partial charge in [0.05, 0.1) is 4.90 Å². The number of hydrogen-bond acceptors (Lipinski definition) is 4. The number of aromatic nitrogens is 1.